The van der Waals surface area contributed by atoms with Gasteiger partial charge >= 0.3 is 0 Å². The number of aryl methyl sites for hydroxylation is 1. The highest BCUT2D eigenvalue weighted by atomic mass is 35.5. The van der Waals surface area contributed by atoms with Gasteiger partial charge in [-0.05, 0) is 43.0 Å². The van der Waals surface area contributed by atoms with E-state index < -0.39 is 20.7 Å². The molecule has 6 nitrogen and oxygen atoms in total. The first-order valence-corrected chi connectivity index (χ1v) is 11.3. The van der Waals surface area contributed by atoms with Crippen molar-refractivity contribution in [1.29, 1.82) is 0 Å². The minimum atomic E-state index is -4.12. The SMILES string of the molecule is O=S(=O)(Nc1nccs1)c1cc(Cl)c(NC2CCc3ncccc3C2)cc1F. The Morgan fingerprint density at radius 1 is 1.25 bits per heavy atom. The fourth-order valence-electron chi connectivity index (χ4n) is 3.19. The number of nitrogens with zero attached hydrogens (tertiary/aromatic N) is 2. The smallest absolute Gasteiger partial charge is 0.266 e. The molecular formula is C18H16ClFN4O2S2. The third-order valence-corrected chi connectivity index (χ3v) is 6.99. The van der Waals surface area contributed by atoms with Gasteiger partial charge in [-0.3, -0.25) is 9.71 Å². The number of anilines is 2. The number of sulfonamides is 1. The van der Waals surface area contributed by atoms with Crippen LogP contribution in [0, 0.1) is 5.82 Å². The van der Waals surface area contributed by atoms with Crippen LogP contribution in [0.5, 0.6) is 0 Å². The van der Waals surface area contributed by atoms with Crippen LogP contribution in [0.3, 0.4) is 0 Å². The lowest BCUT2D eigenvalue weighted by atomic mass is 9.92. The molecule has 1 aliphatic rings. The minimum Gasteiger partial charge on any atom is -0.381 e. The van der Waals surface area contributed by atoms with E-state index in [0.29, 0.717) is 5.69 Å². The Morgan fingerprint density at radius 2 is 2.11 bits per heavy atom. The minimum absolute atomic E-state index is 0.0597. The van der Waals surface area contributed by atoms with Crippen LogP contribution < -0.4 is 10.0 Å². The van der Waals surface area contributed by atoms with E-state index in [9.17, 15) is 12.8 Å². The molecule has 0 amide bonds. The van der Waals surface area contributed by atoms with Gasteiger partial charge in [0.05, 0.1) is 10.7 Å². The van der Waals surface area contributed by atoms with Crippen LogP contribution in [0.15, 0.2) is 46.9 Å². The molecule has 1 aromatic carbocycles. The molecule has 1 unspecified atom stereocenters. The van der Waals surface area contributed by atoms with Crippen molar-refractivity contribution in [2.75, 3.05) is 10.0 Å². The van der Waals surface area contributed by atoms with Crippen molar-refractivity contribution < 1.29 is 12.8 Å². The number of rotatable bonds is 5. The summed E-state index contributed by atoms with van der Waals surface area (Å²) in [7, 11) is -4.12. The first-order chi connectivity index (χ1) is 13.4. The molecule has 10 heteroatoms. The topological polar surface area (TPSA) is 84.0 Å². The number of benzene rings is 1. The average molecular weight is 439 g/mol. The Kier molecular flexibility index (Phi) is 5.22. The second-order valence-corrected chi connectivity index (χ2v) is 9.35. The van der Waals surface area contributed by atoms with Gasteiger partial charge in [-0.2, -0.15) is 0 Å². The number of aromatic nitrogens is 2. The van der Waals surface area contributed by atoms with Gasteiger partial charge in [0.25, 0.3) is 10.0 Å². The summed E-state index contributed by atoms with van der Waals surface area (Å²) in [5, 5.41) is 5.14. The van der Waals surface area contributed by atoms with Crippen LogP contribution in [0.25, 0.3) is 0 Å². The van der Waals surface area contributed by atoms with Gasteiger partial charge in [0.2, 0.25) is 0 Å². The fourth-order valence-corrected chi connectivity index (χ4v) is 5.35. The molecular weight excluding hydrogens is 423 g/mol. The number of hydrogen-bond donors (Lipinski definition) is 2. The summed E-state index contributed by atoms with van der Waals surface area (Å²) in [4.78, 5) is 7.70. The molecule has 4 rings (SSSR count). The quantitative estimate of drug-likeness (QED) is 0.626. The zero-order chi connectivity index (χ0) is 19.7. The van der Waals surface area contributed by atoms with Gasteiger partial charge in [-0.25, -0.2) is 17.8 Å². The summed E-state index contributed by atoms with van der Waals surface area (Å²) < 4.78 is 41.7. The lowest BCUT2D eigenvalue weighted by molar-refractivity contribution is 0.569. The third-order valence-electron chi connectivity index (χ3n) is 4.51. The largest absolute Gasteiger partial charge is 0.381 e. The van der Waals surface area contributed by atoms with Crippen LogP contribution in [-0.2, 0) is 22.9 Å². The van der Waals surface area contributed by atoms with Crippen molar-refractivity contribution >= 4 is 43.8 Å². The molecule has 3 aromatic rings. The molecule has 0 radical (unpaired) electrons. The lowest BCUT2D eigenvalue weighted by Gasteiger charge is -2.26. The number of halogens is 2. The molecule has 2 heterocycles. The zero-order valence-corrected chi connectivity index (χ0v) is 16.9. The second-order valence-electron chi connectivity index (χ2n) is 6.40. The normalized spacial score (nSPS) is 16.4. The van der Waals surface area contributed by atoms with E-state index in [0.717, 1.165) is 54.0 Å². The van der Waals surface area contributed by atoms with Gasteiger partial charge in [0, 0.05) is 29.5 Å². The van der Waals surface area contributed by atoms with E-state index in [2.05, 4.69) is 20.0 Å². The third kappa shape index (κ3) is 3.96. The molecule has 1 aliphatic carbocycles. The maximum absolute atomic E-state index is 14.6. The van der Waals surface area contributed by atoms with Crippen molar-refractivity contribution in [2.45, 2.75) is 30.2 Å². The molecule has 0 bridgehead atoms. The molecule has 0 saturated heterocycles. The van der Waals surface area contributed by atoms with Gasteiger partial charge < -0.3 is 5.32 Å². The Bertz CT molecular complexity index is 1110. The number of nitrogens with one attached hydrogen (secondary N) is 2. The van der Waals surface area contributed by atoms with Crippen LogP contribution in [0.1, 0.15) is 17.7 Å². The van der Waals surface area contributed by atoms with Gasteiger partial charge in [-0.15, -0.1) is 11.3 Å². The molecule has 0 fully saturated rings. The van der Waals surface area contributed by atoms with E-state index in [1.54, 1.807) is 11.6 Å². The molecule has 1 atom stereocenters. The monoisotopic (exact) mass is 438 g/mol. The standard InChI is InChI=1S/C18H16ClFN4O2S2/c19-13-9-17(28(25,26)24-18-22-6-7-27-18)14(20)10-16(13)23-12-3-4-15-11(8-12)2-1-5-21-15/h1-2,5-7,9-10,12,23H,3-4,8H2,(H,22,24). The highest BCUT2D eigenvalue weighted by Gasteiger charge is 2.24. The van der Waals surface area contributed by atoms with Gasteiger partial charge in [0.15, 0.2) is 5.13 Å². The second kappa shape index (κ2) is 7.65. The molecule has 28 heavy (non-hydrogen) atoms. The van der Waals surface area contributed by atoms with Crippen molar-refractivity contribution in [3.05, 3.63) is 64.1 Å². The van der Waals surface area contributed by atoms with E-state index >= 15 is 0 Å². The summed E-state index contributed by atoms with van der Waals surface area (Å²) >= 11 is 7.36. The Balaban J connectivity index is 1.55. The maximum Gasteiger partial charge on any atom is 0.266 e. The van der Waals surface area contributed by atoms with E-state index in [1.165, 1.54) is 6.20 Å². The number of fused-ring (bicyclic) bond motifs is 1. The van der Waals surface area contributed by atoms with Crippen LogP contribution in [0.2, 0.25) is 5.02 Å². The van der Waals surface area contributed by atoms with Gasteiger partial charge in [-0.1, -0.05) is 17.7 Å². The predicted molar refractivity (Wildman–Crippen MR) is 108 cm³/mol. The Hall–Kier alpha value is -2.23. The highest BCUT2D eigenvalue weighted by Crippen LogP contribution is 2.31. The fraction of sp³-hybridized carbons (Fsp3) is 0.222. The molecule has 0 spiro atoms. The lowest BCUT2D eigenvalue weighted by Crippen LogP contribution is -2.28. The summed E-state index contributed by atoms with van der Waals surface area (Å²) in [6.45, 7) is 0. The van der Waals surface area contributed by atoms with Gasteiger partial charge in [0.1, 0.15) is 10.7 Å². The summed E-state index contributed by atoms with van der Waals surface area (Å²) in [5.41, 5.74) is 2.59. The first-order valence-electron chi connectivity index (χ1n) is 8.53. The zero-order valence-electron chi connectivity index (χ0n) is 14.5. The predicted octanol–water partition coefficient (Wildman–Crippen LogP) is 4.10. The Labute approximate surface area is 170 Å². The van der Waals surface area contributed by atoms with Crippen molar-refractivity contribution in [3.63, 3.8) is 0 Å². The highest BCUT2D eigenvalue weighted by molar-refractivity contribution is 7.93. The molecule has 0 aliphatic heterocycles. The Morgan fingerprint density at radius 3 is 2.89 bits per heavy atom. The van der Waals surface area contributed by atoms with E-state index in [4.69, 9.17) is 11.6 Å². The number of thiazole rings is 1. The van der Waals surface area contributed by atoms with Crippen molar-refractivity contribution in [2.24, 2.45) is 0 Å². The summed E-state index contributed by atoms with van der Waals surface area (Å²) in [6, 6.07) is 6.22. The first kappa shape index (κ1) is 19.1. The number of pyridine rings is 1. The molecule has 146 valence electrons. The van der Waals surface area contributed by atoms with Crippen LogP contribution in [0.4, 0.5) is 15.2 Å². The number of hydrogen-bond acceptors (Lipinski definition) is 6. The summed E-state index contributed by atoms with van der Waals surface area (Å²) in [5.74, 6) is -0.881. The van der Waals surface area contributed by atoms with Crippen molar-refractivity contribution in [3.8, 4) is 0 Å². The van der Waals surface area contributed by atoms with Crippen molar-refractivity contribution in [1.82, 2.24) is 9.97 Å². The maximum atomic E-state index is 14.6. The van der Waals surface area contributed by atoms with Crippen LogP contribution >= 0.6 is 22.9 Å². The summed E-state index contributed by atoms with van der Waals surface area (Å²) in [6.07, 6.45) is 5.62. The van der Waals surface area contributed by atoms with E-state index in [1.807, 2.05) is 12.1 Å². The van der Waals surface area contributed by atoms with E-state index in [-0.39, 0.29) is 16.2 Å². The average Bonchev–Trinajstić information content (AvgIpc) is 3.16. The molecule has 0 saturated carbocycles. The molecule has 2 aromatic heterocycles. The van der Waals surface area contributed by atoms with Crippen LogP contribution in [-0.4, -0.2) is 24.4 Å². The molecule has 2 N–H and O–H groups in total.